The first-order chi connectivity index (χ1) is 9.43. The van der Waals surface area contributed by atoms with E-state index in [0.717, 1.165) is 12.1 Å². The maximum atomic E-state index is 13.9. The van der Waals surface area contributed by atoms with Gasteiger partial charge in [0.2, 0.25) is 0 Å². The van der Waals surface area contributed by atoms with Gasteiger partial charge in [-0.3, -0.25) is 0 Å². The first-order valence-electron chi connectivity index (χ1n) is 5.56. The zero-order valence-corrected chi connectivity index (χ0v) is 12.6. The number of ether oxygens (including phenoxy) is 1. The van der Waals surface area contributed by atoms with E-state index in [0.29, 0.717) is 4.47 Å². The van der Waals surface area contributed by atoms with Gasteiger partial charge in [0.05, 0.1) is 12.5 Å². The van der Waals surface area contributed by atoms with E-state index in [1.807, 2.05) is 0 Å². The fraction of sp³-hybridized carbons (Fsp3) is 0.143. The topological polar surface area (TPSA) is 9.23 Å². The lowest BCUT2D eigenvalue weighted by atomic mass is 10.0. The smallest absolute Gasteiger partial charge is 0.134 e. The van der Waals surface area contributed by atoms with E-state index in [-0.39, 0.29) is 11.3 Å². The van der Waals surface area contributed by atoms with Gasteiger partial charge in [-0.05, 0) is 18.2 Å². The Morgan fingerprint density at radius 3 is 2.20 bits per heavy atom. The van der Waals surface area contributed by atoms with Crippen LogP contribution in [0.5, 0.6) is 5.75 Å². The van der Waals surface area contributed by atoms with Crippen LogP contribution in [0, 0.1) is 17.5 Å². The lowest BCUT2D eigenvalue weighted by Gasteiger charge is -2.14. The molecule has 1 unspecified atom stereocenters. The SMILES string of the molecule is COc1cc(F)c(C(Cl)c2cc(Br)ccc2F)c(F)c1. The Balaban J connectivity index is 2.53. The Labute approximate surface area is 127 Å². The van der Waals surface area contributed by atoms with E-state index in [1.165, 1.54) is 25.3 Å². The van der Waals surface area contributed by atoms with Gasteiger partial charge in [-0.2, -0.15) is 0 Å². The number of methoxy groups -OCH3 is 1. The normalized spacial score (nSPS) is 12.3. The molecule has 0 aliphatic carbocycles. The molecule has 0 aliphatic rings. The molecule has 106 valence electrons. The Kier molecular flexibility index (Phi) is 4.60. The van der Waals surface area contributed by atoms with Crippen LogP contribution in [0.2, 0.25) is 0 Å². The molecule has 6 heteroatoms. The molecule has 0 radical (unpaired) electrons. The number of benzene rings is 2. The maximum Gasteiger partial charge on any atom is 0.134 e. The van der Waals surface area contributed by atoms with E-state index in [9.17, 15) is 13.2 Å². The number of hydrogen-bond donors (Lipinski definition) is 0. The third kappa shape index (κ3) is 2.94. The summed E-state index contributed by atoms with van der Waals surface area (Å²) in [7, 11) is 1.29. The first-order valence-corrected chi connectivity index (χ1v) is 6.79. The summed E-state index contributed by atoms with van der Waals surface area (Å²) in [5.41, 5.74) is -0.423. The van der Waals surface area contributed by atoms with Gasteiger partial charge in [0.25, 0.3) is 0 Å². The molecule has 1 atom stereocenters. The van der Waals surface area contributed by atoms with Crippen molar-refractivity contribution in [3.05, 3.63) is 63.4 Å². The second kappa shape index (κ2) is 6.06. The summed E-state index contributed by atoms with van der Waals surface area (Å²) in [5.74, 6) is -2.38. The van der Waals surface area contributed by atoms with Crippen LogP contribution in [-0.2, 0) is 0 Å². The van der Waals surface area contributed by atoms with E-state index < -0.39 is 28.4 Å². The maximum absolute atomic E-state index is 13.9. The predicted molar refractivity (Wildman–Crippen MR) is 74.7 cm³/mol. The fourth-order valence-corrected chi connectivity index (χ4v) is 2.54. The van der Waals surface area contributed by atoms with E-state index >= 15 is 0 Å². The molecular formula is C14H9BrClF3O. The molecule has 0 heterocycles. The summed E-state index contributed by atoms with van der Waals surface area (Å²) in [5, 5.41) is -1.28. The van der Waals surface area contributed by atoms with Crippen molar-refractivity contribution in [3.63, 3.8) is 0 Å². The first kappa shape index (κ1) is 15.2. The molecule has 0 saturated carbocycles. The van der Waals surface area contributed by atoms with Crippen LogP contribution in [0.15, 0.2) is 34.8 Å². The second-order valence-electron chi connectivity index (χ2n) is 4.03. The summed E-state index contributed by atoms with van der Waals surface area (Å²) >= 11 is 9.20. The monoisotopic (exact) mass is 364 g/mol. The Morgan fingerprint density at radius 1 is 1.05 bits per heavy atom. The molecule has 0 fully saturated rings. The Morgan fingerprint density at radius 2 is 1.65 bits per heavy atom. The van der Waals surface area contributed by atoms with Crippen molar-refractivity contribution in [2.45, 2.75) is 5.38 Å². The number of alkyl halides is 1. The minimum absolute atomic E-state index is 0.0102. The average Bonchev–Trinajstić information content (AvgIpc) is 2.40. The van der Waals surface area contributed by atoms with Crippen molar-refractivity contribution in [3.8, 4) is 5.75 Å². The van der Waals surface area contributed by atoms with E-state index in [1.54, 1.807) is 0 Å². The highest BCUT2D eigenvalue weighted by Gasteiger charge is 2.23. The van der Waals surface area contributed by atoms with Crippen molar-refractivity contribution < 1.29 is 17.9 Å². The lowest BCUT2D eigenvalue weighted by Crippen LogP contribution is -2.04. The van der Waals surface area contributed by atoms with Gasteiger partial charge in [-0.15, -0.1) is 11.6 Å². The third-order valence-corrected chi connectivity index (χ3v) is 3.72. The molecular weight excluding hydrogens is 357 g/mol. The molecule has 2 aromatic rings. The number of hydrogen-bond acceptors (Lipinski definition) is 1. The van der Waals surface area contributed by atoms with Gasteiger partial charge >= 0.3 is 0 Å². The zero-order valence-electron chi connectivity index (χ0n) is 10.3. The molecule has 0 aliphatic heterocycles. The van der Waals surface area contributed by atoms with Gasteiger partial charge in [-0.25, -0.2) is 13.2 Å². The molecule has 0 spiro atoms. The zero-order chi connectivity index (χ0) is 14.9. The van der Waals surface area contributed by atoms with Gasteiger partial charge in [0.15, 0.2) is 0 Å². The number of halogens is 5. The highest BCUT2D eigenvalue weighted by molar-refractivity contribution is 9.10. The van der Waals surface area contributed by atoms with Crippen molar-refractivity contribution in [1.82, 2.24) is 0 Å². The predicted octanol–water partition coefficient (Wildman–Crippen LogP) is 5.20. The molecule has 20 heavy (non-hydrogen) atoms. The highest BCUT2D eigenvalue weighted by Crippen LogP contribution is 2.36. The summed E-state index contributed by atoms with van der Waals surface area (Å²) in [6.45, 7) is 0. The molecule has 0 N–H and O–H groups in total. The lowest BCUT2D eigenvalue weighted by molar-refractivity contribution is 0.405. The molecule has 0 aromatic heterocycles. The average molecular weight is 366 g/mol. The van der Waals surface area contributed by atoms with Gasteiger partial charge in [0, 0.05) is 27.7 Å². The van der Waals surface area contributed by atoms with Crippen LogP contribution < -0.4 is 4.74 Å². The van der Waals surface area contributed by atoms with Crippen molar-refractivity contribution in [2.75, 3.05) is 7.11 Å². The van der Waals surface area contributed by atoms with E-state index in [4.69, 9.17) is 16.3 Å². The quantitative estimate of drug-likeness (QED) is 0.679. The van der Waals surface area contributed by atoms with Crippen molar-refractivity contribution >= 4 is 27.5 Å². The van der Waals surface area contributed by atoms with Crippen LogP contribution in [-0.4, -0.2) is 7.11 Å². The largest absolute Gasteiger partial charge is 0.497 e. The highest BCUT2D eigenvalue weighted by atomic mass is 79.9. The fourth-order valence-electron chi connectivity index (χ4n) is 1.79. The van der Waals surface area contributed by atoms with Crippen LogP contribution in [0.1, 0.15) is 16.5 Å². The van der Waals surface area contributed by atoms with Gasteiger partial charge in [-0.1, -0.05) is 15.9 Å². The summed E-state index contributed by atoms with van der Waals surface area (Å²) in [6.07, 6.45) is 0. The number of rotatable bonds is 3. The third-order valence-electron chi connectivity index (χ3n) is 2.77. The molecule has 2 rings (SSSR count). The second-order valence-corrected chi connectivity index (χ2v) is 5.39. The molecule has 0 saturated heterocycles. The summed E-state index contributed by atoms with van der Waals surface area (Å²) in [4.78, 5) is 0. The Hall–Kier alpha value is -1.20. The molecule has 1 nitrogen and oxygen atoms in total. The van der Waals surface area contributed by atoms with Crippen LogP contribution >= 0.6 is 27.5 Å². The summed E-state index contributed by atoms with van der Waals surface area (Å²) in [6, 6.07) is 6.04. The van der Waals surface area contributed by atoms with Crippen LogP contribution in [0.3, 0.4) is 0 Å². The minimum Gasteiger partial charge on any atom is -0.497 e. The van der Waals surface area contributed by atoms with Crippen LogP contribution in [0.25, 0.3) is 0 Å². The molecule has 2 aromatic carbocycles. The van der Waals surface area contributed by atoms with Gasteiger partial charge < -0.3 is 4.74 Å². The Bertz CT molecular complexity index is 625. The van der Waals surface area contributed by atoms with Crippen molar-refractivity contribution in [1.29, 1.82) is 0 Å². The standard InChI is InChI=1S/C14H9BrClF3O/c1-20-8-5-11(18)13(12(19)6-8)14(16)9-4-7(15)2-3-10(9)17/h2-6,14H,1H3. The minimum atomic E-state index is -1.28. The van der Waals surface area contributed by atoms with Crippen molar-refractivity contribution in [2.24, 2.45) is 0 Å². The molecule has 0 bridgehead atoms. The molecule has 0 amide bonds. The van der Waals surface area contributed by atoms with E-state index in [2.05, 4.69) is 15.9 Å². The van der Waals surface area contributed by atoms with Crippen LogP contribution in [0.4, 0.5) is 13.2 Å². The summed E-state index contributed by atoms with van der Waals surface area (Å²) < 4.78 is 46.9. The van der Waals surface area contributed by atoms with Gasteiger partial charge in [0.1, 0.15) is 23.2 Å².